The van der Waals surface area contributed by atoms with Gasteiger partial charge in [0.15, 0.2) is 9.84 Å². The lowest BCUT2D eigenvalue weighted by Crippen LogP contribution is -2.22. The molecule has 0 saturated heterocycles. The Balaban J connectivity index is 1.48. The maximum Gasteiger partial charge on any atom is 0.416 e. The summed E-state index contributed by atoms with van der Waals surface area (Å²) in [5.74, 6) is -0.519. The van der Waals surface area contributed by atoms with Crippen molar-refractivity contribution in [3.63, 3.8) is 0 Å². The van der Waals surface area contributed by atoms with Crippen LogP contribution in [0.2, 0.25) is 0 Å². The summed E-state index contributed by atoms with van der Waals surface area (Å²) in [7, 11) is -4.11. The molecule has 4 aromatic rings. The Kier molecular flexibility index (Phi) is 6.98. The number of nitrogens with one attached hydrogen (secondary N) is 1. The molecule has 1 aromatic heterocycles. The molecular weight excluding hydrogens is 493 g/mol. The number of hydrogen-bond acceptors (Lipinski definition) is 5. The van der Waals surface area contributed by atoms with Gasteiger partial charge in [-0.15, -0.1) is 0 Å². The Hall–Kier alpha value is -3.92. The van der Waals surface area contributed by atoms with E-state index < -0.39 is 32.2 Å². The number of hydrogen-bond donors (Lipinski definition) is 1. The third-order valence-corrected chi connectivity index (χ3v) is 7.06. The molecule has 186 valence electrons. The first-order valence-corrected chi connectivity index (χ1v) is 12.5. The molecule has 0 unspecified atom stereocenters. The lowest BCUT2D eigenvalue weighted by Gasteiger charge is -2.09. The summed E-state index contributed by atoms with van der Waals surface area (Å²) < 4.78 is 70.1. The molecule has 0 fully saturated rings. The average molecular weight is 515 g/mol. The monoisotopic (exact) mass is 514 g/mol. The number of aryl methyl sites for hydroxylation is 1. The molecule has 3 aromatic carbocycles. The van der Waals surface area contributed by atoms with Crippen LogP contribution in [0.3, 0.4) is 0 Å². The number of carbonyl (C=O) groups excluding carboxylic acids is 1. The lowest BCUT2D eigenvalue weighted by molar-refractivity contribution is -0.137. The van der Waals surface area contributed by atoms with Gasteiger partial charge in [0, 0.05) is 17.7 Å². The molecule has 0 atom stereocenters. The summed E-state index contributed by atoms with van der Waals surface area (Å²) >= 11 is 0. The minimum atomic E-state index is -4.66. The van der Waals surface area contributed by atoms with Crippen LogP contribution in [-0.4, -0.2) is 19.3 Å². The van der Waals surface area contributed by atoms with Gasteiger partial charge in [-0.25, -0.2) is 13.4 Å². The van der Waals surface area contributed by atoms with Gasteiger partial charge in [0.05, 0.1) is 16.2 Å². The van der Waals surface area contributed by atoms with E-state index in [-0.39, 0.29) is 23.3 Å². The molecule has 0 aliphatic rings. The molecule has 0 spiro atoms. The zero-order valence-corrected chi connectivity index (χ0v) is 19.9. The molecule has 1 heterocycles. The normalized spacial score (nSPS) is 11.9. The zero-order chi connectivity index (χ0) is 25.9. The number of halogens is 3. The number of nitrogens with zero attached hydrogens (tertiary/aromatic N) is 1. The minimum absolute atomic E-state index is 0.0899. The average Bonchev–Trinajstić information content (AvgIpc) is 3.22. The molecule has 36 heavy (non-hydrogen) atoms. The molecule has 1 N–H and O–H groups in total. The third kappa shape index (κ3) is 5.83. The second-order valence-electron chi connectivity index (χ2n) is 8.05. The first-order chi connectivity index (χ1) is 17.0. The predicted octanol–water partition coefficient (Wildman–Crippen LogP) is 5.57. The van der Waals surface area contributed by atoms with Gasteiger partial charge < -0.3 is 9.73 Å². The molecule has 10 heteroatoms. The van der Waals surface area contributed by atoms with Crippen molar-refractivity contribution in [1.29, 1.82) is 0 Å². The number of alkyl halides is 3. The van der Waals surface area contributed by atoms with E-state index in [0.29, 0.717) is 23.7 Å². The molecule has 0 aliphatic heterocycles. The Bertz CT molecular complexity index is 1480. The fourth-order valence-electron chi connectivity index (χ4n) is 3.46. The Labute approximate surface area is 205 Å². The van der Waals surface area contributed by atoms with Crippen molar-refractivity contribution in [2.24, 2.45) is 0 Å². The van der Waals surface area contributed by atoms with Gasteiger partial charge in [-0.05, 0) is 55.0 Å². The molecule has 0 aliphatic carbocycles. The van der Waals surface area contributed by atoms with Crippen molar-refractivity contribution < 1.29 is 30.8 Å². The summed E-state index contributed by atoms with van der Waals surface area (Å²) in [6, 6.07) is 19.5. The number of amides is 1. The highest BCUT2D eigenvalue weighted by atomic mass is 32.2. The van der Waals surface area contributed by atoms with Gasteiger partial charge in [0.25, 0.3) is 5.91 Å². The van der Waals surface area contributed by atoms with Crippen LogP contribution in [0.5, 0.6) is 0 Å². The maximum atomic E-state index is 13.0. The predicted molar refractivity (Wildman–Crippen MR) is 127 cm³/mol. The van der Waals surface area contributed by atoms with Crippen molar-refractivity contribution in [2.75, 3.05) is 0 Å². The van der Waals surface area contributed by atoms with Crippen molar-refractivity contribution in [2.45, 2.75) is 30.3 Å². The van der Waals surface area contributed by atoms with Crippen molar-refractivity contribution in [1.82, 2.24) is 10.3 Å². The number of carbonyl (C=O) groups is 1. The highest BCUT2D eigenvalue weighted by molar-refractivity contribution is 7.90. The van der Waals surface area contributed by atoms with E-state index in [9.17, 15) is 26.4 Å². The smallest absolute Gasteiger partial charge is 0.416 e. The lowest BCUT2D eigenvalue weighted by atomic mass is 10.1. The van der Waals surface area contributed by atoms with E-state index in [1.165, 1.54) is 6.92 Å². The molecule has 0 bridgehead atoms. The summed E-state index contributed by atoms with van der Waals surface area (Å²) in [5.41, 5.74) is 0.942. The molecular formula is C26H21F3N2O4S. The summed E-state index contributed by atoms with van der Waals surface area (Å²) in [6.07, 6.45) is -4.66. The highest BCUT2D eigenvalue weighted by Gasteiger charge is 2.32. The molecule has 0 saturated carbocycles. The van der Waals surface area contributed by atoms with E-state index in [4.69, 9.17) is 4.42 Å². The number of aromatic nitrogens is 1. The standard InChI is InChI=1S/C26H21F3N2O4S/c1-17-23(16-36(33,34)22-9-5-8-21(14-22)26(27,28)29)31-25(35-17)20-12-10-19(11-13-20)24(32)30-15-18-6-3-2-4-7-18/h2-14H,15-16H2,1H3,(H,30,32). The Morgan fingerprint density at radius 2 is 1.67 bits per heavy atom. The van der Waals surface area contributed by atoms with Gasteiger partial charge in [0.1, 0.15) is 11.5 Å². The number of sulfone groups is 1. The minimum Gasteiger partial charge on any atom is -0.441 e. The Morgan fingerprint density at radius 1 is 0.972 bits per heavy atom. The van der Waals surface area contributed by atoms with Gasteiger partial charge in [-0.2, -0.15) is 13.2 Å². The first kappa shape index (κ1) is 25.2. The van der Waals surface area contributed by atoms with E-state index in [1.54, 1.807) is 24.3 Å². The largest absolute Gasteiger partial charge is 0.441 e. The van der Waals surface area contributed by atoms with Crippen molar-refractivity contribution in [3.8, 4) is 11.5 Å². The van der Waals surface area contributed by atoms with Crippen LogP contribution in [0.4, 0.5) is 13.2 Å². The highest BCUT2D eigenvalue weighted by Crippen LogP contribution is 2.31. The number of rotatable bonds is 7. The molecule has 1 amide bonds. The second kappa shape index (κ2) is 9.98. The van der Waals surface area contributed by atoms with Crippen LogP contribution in [0.15, 0.2) is 88.2 Å². The summed E-state index contributed by atoms with van der Waals surface area (Å²) in [5, 5.41) is 2.83. The van der Waals surface area contributed by atoms with Crippen LogP contribution in [0.1, 0.15) is 32.9 Å². The fourth-order valence-corrected chi connectivity index (χ4v) is 4.85. The first-order valence-electron chi connectivity index (χ1n) is 10.8. The second-order valence-corrected chi connectivity index (χ2v) is 10.0. The Morgan fingerprint density at radius 3 is 2.33 bits per heavy atom. The van der Waals surface area contributed by atoms with Crippen molar-refractivity contribution >= 4 is 15.7 Å². The third-order valence-electron chi connectivity index (χ3n) is 5.43. The van der Waals surface area contributed by atoms with Gasteiger partial charge in [-0.3, -0.25) is 4.79 Å². The SMILES string of the molecule is Cc1oc(-c2ccc(C(=O)NCc3ccccc3)cc2)nc1CS(=O)(=O)c1cccc(C(F)(F)F)c1. The van der Waals surface area contributed by atoms with E-state index >= 15 is 0 Å². The quantitative estimate of drug-likeness (QED) is 0.348. The van der Waals surface area contributed by atoms with Crippen LogP contribution < -0.4 is 5.32 Å². The molecule has 4 rings (SSSR count). The molecule has 6 nitrogen and oxygen atoms in total. The zero-order valence-electron chi connectivity index (χ0n) is 19.0. The number of oxazole rings is 1. The van der Waals surface area contributed by atoms with Crippen LogP contribution in [-0.2, 0) is 28.3 Å². The van der Waals surface area contributed by atoms with Crippen LogP contribution in [0.25, 0.3) is 11.5 Å². The van der Waals surface area contributed by atoms with E-state index in [2.05, 4.69) is 10.3 Å². The molecule has 0 radical (unpaired) electrons. The number of benzene rings is 3. The van der Waals surface area contributed by atoms with E-state index in [1.807, 2.05) is 30.3 Å². The van der Waals surface area contributed by atoms with Crippen molar-refractivity contribution in [3.05, 3.63) is 107 Å². The fraction of sp³-hybridized carbons (Fsp3) is 0.154. The maximum absolute atomic E-state index is 13.0. The van der Waals surface area contributed by atoms with Crippen LogP contribution in [0, 0.1) is 6.92 Å². The summed E-state index contributed by atoms with van der Waals surface area (Å²) in [6.45, 7) is 1.91. The van der Waals surface area contributed by atoms with Gasteiger partial charge in [-0.1, -0.05) is 36.4 Å². The topological polar surface area (TPSA) is 89.3 Å². The summed E-state index contributed by atoms with van der Waals surface area (Å²) in [4.78, 5) is 16.2. The van der Waals surface area contributed by atoms with Crippen LogP contribution >= 0.6 is 0 Å². The van der Waals surface area contributed by atoms with E-state index in [0.717, 1.165) is 23.8 Å². The van der Waals surface area contributed by atoms with Gasteiger partial charge in [0.2, 0.25) is 5.89 Å². The van der Waals surface area contributed by atoms with Gasteiger partial charge >= 0.3 is 6.18 Å².